The number of para-hydroxylation sites is 1. The summed E-state index contributed by atoms with van der Waals surface area (Å²) < 4.78 is 6.02. The molecule has 0 fully saturated rings. The van der Waals surface area contributed by atoms with Gasteiger partial charge < -0.3 is 30.9 Å². The number of nitrogens with two attached hydrogens (primary N) is 1. The summed E-state index contributed by atoms with van der Waals surface area (Å²) in [5.41, 5.74) is 7.99. The second-order valence-corrected chi connectivity index (χ2v) is 7.86. The number of aromatic hydroxyl groups is 4. The van der Waals surface area contributed by atoms with Gasteiger partial charge in [0.15, 0.2) is 11.5 Å². The number of anilines is 1. The zero-order chi connectivity index (χ0) is 19.8. The van der Waals surface area contributed by atoms with Crippen molar-refractivity contribution in [3.05, 3.63) is 65.7 Å². The van der Waals surface area contributed by atoms with E-state index in [1.807, 2.05) is 24.3 Å². The van der Waals surface area contributed by atoms with Crippen LogP contribution in [0.25, 0.3) is 0 Å². The summed E-state index contributed by atoms with van der Waals surface area (Å²) in [6, 6.07) is 14.8. The molecule has 3 aromatic rings. The number of hydrogen-bond donors (Lipinski definition) is 5. The van der Waals surface area contributed by atoms with Crippen LogP contribution >= 0.6 is 11.8 Å². The van der Waals surface area contributed by atoms with E-state index in [4.69, 9.17) is 10.5 Å². The summed E-state index contributed by atoms with van der Waals surface area (Å²) in [6.45, 7) is 0. The van der Waals surface area contributed by atoms with Crippen molar-refractivity contribution >= 4 is 17.4 Å². The first-order chi connectivity index (χ1) is 13.4. The molecule has 3 aromatic carbocycles. The molecule has 0 bridgehead atoms. The van der Waals surface area contributed by atoms with Gasteiger partial charge in [-0.2, -0.15) is 0 Å². The van der Waals surface area contributed by atoms with Crippen molar-refractivity contribution < 1.29 is 25.2 Å². The second kappa shape index (κ2) is 7.09. The minimum absolute atomic E-state index is 0.0472. The topological polar surface area (TPSA) is 116 Å². The van der Waals surface area contributed by atoms with Crippen LogP contribution in [-0.4, -0.2) is 20.4 Å². The molecule has 2 atom stereocenters. The fraction of sp³-hybridized carbons (Fsp3) is 0.143. The average Bonchev–Trinajstić information content (AvgIpc) is 2.65. The van der Waals surface area contributed by atoms with Gasteiger partial charge in [0, 0.05) is 39.9 Å². The van der Waals surface area contributed by atoms with Crippen LogP contribution < -0.4 is 10.5 Å². The van der Waals surface area contributed by atoms with Crippen LogP contribution in [0.4, 0.5) is 5.69 Å². The van der Waals surface area contributed by atoms with E-state index in [0.717, 1.165) is 4.90 Å². The quantitative estimate of drug-likeness (QED) is 0.327. The van der Waals surface area contributed by atoms with Crippen molar-refractivity contribution in [2.75, 3.05) is 5.73 Å². The van der Waals surface area contributed by atoms with Crippen molar-refractivity contribution in [3.63, 3.8) is 0 Å². The van der Waals surface area contributed by atoms with E-state index < -0.39 is 6.10 Å². The van der Waals surface area contributed by atoms with E-state index in [1.54, 1.807) is 6.07 Å². The summed E-state index contributed by atoms with van der Waals surface area (Å²) in [6.07, 6.45) is 0.0526. The fourth-order valence-corrected chi connectivity index (χ4v) is 4.62. The minimum Gasteiger partial charge on any atom is -0.508 e. The van der Waals surface area contributed by atoms with E-state index in [0.29, 0.717) is 29.0 Å². The van der Waals surface area contributed by atoms with Gasteiger partial charge in [-0.1, -0.05) is 18.2 Å². The standard InChI is InChI=1S/C21H19NO5S/c22-13-3-1-2-4-19(13)28-20-10-17(11-5-6-14(24)15(25)7-11)27-18-9-12(23)8-16(26)21(18)20/h1-9,17,20,23-26H,10,22H2/t17-,20?/m0/s1. The molecule has 28 heavy (non-hydrogen) atoms. The van der Waals surface area contributed by atoms with Crippen LogP contribution in [0, 0.1) is 0 Å². The van der Waals surface area contributed by atoms with Gasteiger partial charge in [-0.05, 0) is 29.8 Å². The van der Waals surface area contributed by atoms with Gasteiger partial charge in [0.05, 0.1) is 0 Å². The minimum atomic E-state index is -0.442. The molecule has 0 radical (unpaired) electrons. The molecule has 7 heteroatoms. The van der Waals surface area contributed by atoms with Crippen LogP contribution in [0.5, 0.6) is 28.7 Å². The molecule has 0 aromatic heterocycles. The predicted molar refractivity (Wildman–Crippen MR) is 107 cm³/mol. The third-order valence-electron chi connectivity index (χ3n) is 4.68. The number of thioether (sulfide) groups is 1. The Labute approximate surface area is 165 Å². The molecule has 0 saturated heterocycles. The Morgan fingerprint density at radius 1 is 0.893 bits per heavy atom. The lowest BCUT2D eigenvalue weighted by atomic mass is 9.96. The molecule has 4 rings (SSSR count). The maximum atomic E-state index is 10.4. The van der Waals surface area contributed by atoms with Crippen LogP contribution in [0.1, 0.15) is 28.9 Å². The lowest BCUT2D eigenvalue weighted by Gasteiger charge is -2.33. The Kier molecular flexibility index (Phi) is 4.60. The first-order valence-electron chi connectivity index (χ1n) is 8.68. The number of phenolic OH excluding ortho intramolecular Hbond substituents is 4. The van der Waals surface area contributed by atoms with Gasteiger partial charge in [0.1, 0.15) is 23.4 Å². The molecular formula is C21H19NO5S. The van der Waals surface area contributed by atoms with Crippen LogP contribution in [0.3, 0.4) is 0 Å². The van der Waals surface area contributed by atoms with Crippen LogP contribution in [0.15, 0.2) is 59.5 Å². The van der Waals surface area contributed by atoms with Gasteiger partial charge in [0.25, 0.3) is 0 Å². The van der Waals surface area contributed by atoms with E-state index in [-0.39, 0.29) is 28.2 Å². The molecule has 144 valence electrons. The third kappa shape index (κ3) is 3.36. The molecule has 0 spiro atoms. The lowest BCUT2D eigenvalue weighted by molar-refractivity contribution is 0.172. The molecular weight excluding hydrogens is 378 g/mol. The van der Waals surface area contributed by atoms with Gasteiger partial charge in [-0.25, -0.2) is 0 Å². The molecule has 1 aliphatic rings. The highest BCUT2D eigenvalue weighted by Gasteiger charge is 2.33. The van der Waals surface area contributed by atoms with Crippen molar-refractivity contribution in [1.82, 2.24) is 0 Å². The first kappa shape index (κ1) is 18.2. The Morgan fingerprint density at radius 2 is 1.68 bits per heavy atom. The number of ether oxygens (including phenoxy) is 1. The van der Waals surface area contributed by atoms with Gasteiger partial charge in [-0.15, -0.1) is 11.8 Å². The Balaban J connectivity index is 1.75. The Hall–Kier alpha value is -3.19. The average molecular weight is 397 g/mol. The summed E-state index contributed by atoms with van der Waals surface area (Å²) in [7, 11) is 0. The Morgan fingerprint density at radius 3 is 2.43 bits per heavy atom. The van der Waals surface area contributed by atoms with E-state index >= 15 is 0 Å². The number of benzene rings is 3. The Bertz CT molecular complexity index is 1040. The number of rotatable bonds is 3. The summed E-state index contributed by atoms with van der Waals surface area (Å²) in [5.74, 6) is -0.226. The lowest BCUT2D eigenvalue weighted by Crippen LogP contribution is -2.18. The van der Waals surface area contributed by atoms with Crippen molar-refractivity contribution in [2.45, 2.75) is 22.7 Å². The summed E-state index contributed by atoms with van der Waals surface area (Å²) >= 11 is 1.50. The van der Waals surface area contributed by atoms with Crippen molar-refractivity contribution in [2.24, 2.45) is 0 Å². The zero-order valence-corrected chi connectivity index (χ0v) is 15.6. The van der Waals surface area contributed by atoms with E-state index in [9.17, 15) is 20.4 Å². The SMILES string of the molecule is Nc1ccccc1SC1C[C@@H](c2ccc(O)c(O)c2)Oc2cc(O)cc(O)c21. The highest BCUT2D eigenvalue weighted by Crippen LogP contribution is 2.54. The molecule has 1 aliphatic heterocycles. The number of hydrogen-bond acceptors (Lipinski definition) is 7. The van der Waals surface area contributed by atoms with Crippen molar-refractivity contribution in [1.29, 1.82) is 0 Å². The summed E-state index contributed by atoms with van der Waals surface area (Å²) in [4.78, 5) is 0.875. The van der Waals surface area contributed by atoms with Crippen LogP contribution in [0.2, 0.25) is 0 Å². The fourth-order valence-electron chi connectivity index (χ4n) is 3.33. The predicted octanol–water partition coefficient (Wildman–Crippen LogP) is 4.45. The number of nitrogen functional groups attached to an aromatic ring is 1. The largest absolute Gasteiger partial charge is 0.508 e. The number of fused-ring (bicyclic) bond motifs is 1. The van der Waals surface area contributed by atoms with Gasteiger partial charge in [0.2, 0.25) is 0 Å². The molecule has 0 aliphatic carbocycles. The third-order valence-corrected chi connectivity index (χ3v) is 6.02. The molecule has 1 unspecified atom stereocenters. The first-order valence-corrected chi connectivity index (χ1v) is 9.56. The van der Waals surface area contributed by atoms with Crippen molar-refractivity contribution in [3.8, 4) is 28.7 Å². The molecule has 0 amide bonds. The van der Waals surface area contributed by atoms with Gasteiger partial charge in [-0.3, -0.25) is 0 Å². The molecule has 0 saturated carbocycles. The monoisotopic (exact) mass is 397 g/mol. The summed E-state index contributed by atoms with van der Waals surface area (Å²) in [5, 5.41) is 39.5. The second-order valence-electron chi connectivity index (χ2n) is 6.61. The molecule has 6 nitrogen and oxygen atoms in total. The van der Waals surface area contributed by atoms with E-state index in [2.05, 4.69) is 0 Å². The zero-order valence-electron chi connectivity index (χ0n) is 14.7. The van der Waals surface area contributed by atoms with E-state index in [1.165, 1.54) is 36.0 Å². The highest BCUT2D eigenvalue weighted by molar-refractivity contribution is 7.99. The maximum Gasteiger partial charge on any atom is 0.157 e. The highest BCUT2D eigenvalue weighted by atomic mass is 32.2. The smallest absolute Gasteiger partial charge is 0.157 e. The number of phenols is 4. The normalized spacial score (nSPS) is 18.3. The molecule has 6 N–H and O–H groups in total. The molecule has 1 heterocycles. The maximum absolute atomic E-state index is 10.4. The van der Waals surface area contributed by atoms with Gasteiger partial charge >= 0.3 is 0 Å². The van der Waals surface area contributed by atoms with Crippen LogP contribution in [-0.2, 0) is 0 Å².